The zero-order valence-electron chi connectivity index (χ0n) is 15.6. The molecule has 0 radical (unpaired) electrons. The van der Waals surface area contributed by atoms with Gasteiger partial charge < -0.3 is 19.7 Å². The second-order valence-electron chi connectivity index (χ2n) is 6.04. The van der Waals surface area contributed by atoms with Crippen molar-refractivity contribution >= 4 is 11.6 Å². The molecule has 0 aromatic heterocycles. The highest BCUT2D eigenvalue weighted by Crippen LogP contribution is 2.31. The van der Waals surface area contributed by atoms with Crippen LogP contribution in [0.25, 0.3) is 0 Å². The Morgan fingerprint density at radius 1 is 1.12 bits per heavy atom. The average molecular weight is 342 g/mol. The van der Waals surface area contributed by atoms with Crippen molar-refractivity contribution in [1.29, 1.82) is 0 Å². The first-order chi connectivity index (χ1) is 12.0. The fourth-order valence-corrected chi connectivity index (χ4v) is 2.77. The van der Waals surface area contributed by atoms with Crippen LogP contribution in [0.1, 0.15) is 21.5 Å². The van der Waals surface area contributed by atoms with Gasteiger partial charge in [-0.2, -0.15) is 0 Å². The van der Waals surface area contributed by atoms with Crippen molar-refractivity contribution in [3.8, 4) is 11.5 Å². The first-order valence-corrected chi connectivity index (χ1v) is 8.24. The Bertz CT molecular complexity index is 742. The van der Waals surface area contributed by atoms with E-state index in [4.69, 9.17) is 9.47 Å². The molecule has 1 amide bonds. The summed E-state index contributed by atoms with van der Waals surface area (Å²) in [5.41, 5.74) is 3.67. The predicted molar refractivity (Wildman–Crippen MR) is 101 cm³/mol. The summed E-state index contributed by atoms with van der Waals surface area (Å²) >= 11 is 0. The molecule has 0 bridgehead atoms. The van der Waals surface area contributed by atoms with Gasteiger partial charge in [-0.3, -0.25) is 4.79 Å². The van der Waals surface area contributed by atoms with E-state index in [9.17, 15) is 4.79 Å². The molecule has 0 atom stereocenters. The van der Waals surface area contributed by atoms with E-state index in [1.165, 1.54) is 0 Å². The Hall–Kier alpha value is -2.69. The van der Waals surface area contributed by atoms with Crippen molar-refractivity contribution in [3.63, 3.8) is 0 Å². The number of rotatable bonds is 7. The second kappa shape index (κ2) is 8.42. The van der Waals surface area contributed by atoms with Crippen LogP contribution in [0, 0.1) is 6.92 Å². The van der Waals surface area contributed by atoms with E-state index in [0.29, 0.717) is 18.5 Å². The minimum atomic E-state index is -0.0760. The zero-order valence-corrected chi connectivity index (χ0v) is 15.6. The summed E-state index contributed by atoms with van der Waals surface area (Å²) in [7, 11) is 7.20. The van der Waals surface area contributed by atoms with E-state index in [1.54, 1.807) is 14.2 Å². The maximum Gasteiger partial charge on any atom is 0.251 e. The maximum atomic E-state index is 12.4. The SMILES string of the molecule is COc1ccc(CCNC(=O)c2cccc(N(C)C)c2)c(OC)c1C. The van der Waals surface area contributed by atoms with Gasteiger partial charge >= 0.3 is 0 Å². The molecule has 0 saturated carbocycles. The third-order valence-corrected chi connectivity index (χ3v) is 4.17. The normalized spacial score (nSPS) is 10.3. The van der Waals surface area contributed by atoms with Gasteiger partial charge in [0.25, 0.3) is 5.91 Å². The van der Waals surface area contributed by atoms with Crippen LogP contribution < -0.4 is 19.7 Å². The molecule has 0 aliphatic carbocycles. The summed E-state index contributed by atoms with van der Waals surface area (Å²) in [5, 5.41) is 2.97. The Morgan fingerprint density at radius 3 is 2.52 bits per heavy atom. The number of nitrogens with one attached hydrogen (secondary N) is 1. The molecule has 1 N–H and O–H groups in total. The molecule has 2 rings (SSSR count). The highest BCUT2D eigenvalue weighted by atomic mass is 16.5. The molecule has 0 spiro atoms. The number of benzene rings is 2. The van der Waals surface area contributed by atoms with Gasteiger partial charge in [0, 0.05) is 37.5 Å². The molecule has 0 saturated heterocycles. The van der Waals surface area contributed by atoms with E-state index in [1.807, 2.05) is 62.3 Å². The maximum absolute atomic E-state index is 12.4. The number of nitrogens with zero attached hydrogens (tertiary/aromatic N) is 1. The number of carbonyl (C=O) groups is 1. The highest BCUT2D eigenvalue weighted by Gasteiger charge is 2.12. The lowest BCUT2D eigenvalue weighted by Crippen LogP contribution is -2.26. The summed E-state index contributed by atoms with van der Waals surface area (Å²) in [5.74, 6) is 1.53. The minimum Gasteiger partial charge on any atom is -0.496 e. The van der Waals surface area contributed by atoms with Crippen molar-refractivity contribution in [2.75, 3.05) is 39.8 Å². The number of hydrogen-bond acceptors (Lipinski definition) is 4. The van der Waals surface area contributed by atoms with Crippen LogP contribution in [0.3, 0.4) is 0 Å². The molecule has 2 aromatic rings. The van der Waals surface area contributed by atoms with E-state index in [-0.39, 0.29) is 5.91 Å². The van der Waals surface area contributed by atoms with E-state index >= 15 is 0 Å². The molecule has 0 unspecified atom stereocenters. The molecular weight excluding hydrogens is 316 g/mol. The van der Waals surface area contributed by atoms with E-state index in [2.05, 4.69) is 5.32 Å². The average Bonchev–Trinajstić information content (AvgIpc) is 2.62. The third-order valence-electron chi connectivity index (χ3n) is 4.17. The molecular formula is C20H26N2O3. The van der Waals surface area contributed by atoms with Gasteiger partial charge in [0.2, 0.25) is 0 Å². The van der Waals surface area contributed by atoms with Gasteiger partial charge in [0.05, 0.1) is 14.2 Å². The Balaban J connectivity index is 2.02. The van der Waals surface area contributed by atoms with Crippen molar-refractivity contribution in [2.45, 2.75) is 13.3 Å². The lowest BCUT2D eigenvalue weighted by atomic mass is 10.1. The number of ether oxygens (including phenoxy) is 2. The van der Waals surface area contributed by atoms with Gasteiger partial charge in [-0.1, -0.05) is 12.1 Å². The summed E-state index contributed by atoms with van der Waals surface area (Å²) in [6.45, 7) is 2.50. The van der Waals surface area contributed by atoms with Gasteiger partial charge in [0.1, 0.15) is 11.5 Å². The smallest absolute Gasteiger partial charge is 0.251 e. The molecule has 5 heteroatoms. The van der Waals surface area contributed by atoms with Crippen molar-refractivity contribution in [3.05, 3.63) is 53.1 Å². The number of hydrogen-bond donors (Lipinski definition) is 1. The lowest BCUT2D eigenvalue weighted by molar-refractivity contribution is 0.0954. The minimum absolute atomic E-state index is 0.0760. The quantitative estimate of drug-likeness (QED) is 0.840. The molecule has 2 aromatic carbocycles. The Morgan fingerprint density at radius 2 is 1.88 bits per heavy atom. The van der Waals surface area contributed by atoms with Crippen molar-refractivity contribution < 1.29 is 14.3 Å². The first-order valence-electron chi connectivity index (χ1n) is 8.24. The molecule has 134 valence electrons. The highest BCUT2D eigenvalue weighted by molar-refractivity contribution is 5.95. The van der Waals surface area contributed by atoms with Gasteiger partial charge in [0.15, 0.2) is 0 Å². The van der Waals surface area contributed by atoms with Crippen LogP contribution in [0.15, 0.2) is 36.4 Å². The van der Waals surface area contributed by atoms with Crippen LogP contribution in [-0.2, 0) is 6.42 Å². The van der Waals surface area contributed by atoms with Crippen LogP contribution in [0.5, 0.6) is 11.5 Å². The van der Waals surface area contributed by atoms with Crippen LogP contribution in [0.2, 0.25) is 0 Å². The Labute approximate surface area is 149 Å². The molecule has 0 aliphatic heterocycles. The molecule has 25 heavy (non-hydrogen) atoms. The molecule has 0 heterocycles. The second-order valence-corrected chi connectivity index (χ2v) is 6.04. The zero-order chi connectivity index (χ0) is 18.4. The Kier molecular flexibility index (Phi) is 6.28. The van der Waals surface area contributed by atoms with E-state index in [0.717, 1.165) is 28.3 Å². The number of methoxy groups -OCH3 is 2. The van der Waals surface area contributed by atoms with Crippen molar-refractivity contribution in [2.24, 2.45) is 0 Å². The van der Waals surface area contributed by atoms with Gasteiger partial charge in [-0.25, -0.2) is 0 Å². The summed E-state index contributed by atoms with van der Waals surface area (Å²) in [6.07, 6.45) is 0.688. The van der Waals surface area contributed by atoms with Crippen LogP contribution in [0.4, 0.5) is 5.69 Å². The fourth-order valence-electron chi connectivity index (χ4n) is 2.77. The molecule has 0 fully saturated rings. The fraction of sp³-hybridized carbons (Fsp3) is 0.350. The molecule has 5 nitrogen and oxygen atoms in total. The lowest BCUT2D eigenvalue weighted by Gasteiger charge is -2.15. The van der Waals surface area contributed by atoms with Crippen LogP contribution >= 0.6 is 0 Å². The number of carbonyl (C=O) groups excluding carboxylic acids is 1. The number of anilines is 1. The van der Waals surface area contributed by atoms with Crippen LogP contribution in [-0.4, -0.2) is 40.8 Å². The van der Waals surface area contributed by atoms with Gasteiger partial charge in [-0.15, -0.1) is 0 Å². The van der Waals surface area contributed by atoms with Gasteiger partial charge in [-0.05, 0) is 43.2 Å². The largest absolute Gasteiger partial charge is 0.496 e. The number of amides is 1. The monoisotopic (exact) mass is 342 g/mol. The van der Waals surface area contributed by atoms with E-state index < -0.39 is 0 Å². The standard InChI is InChI=1S/C20H26N2O3/c1-14-18(24-4)10-9-15(19(14)25-5)11-12-21-20(23)16-7-6-8-17(13-16)22(2)3/h6-10,13H,11-12H2,1-5H3,(H,21,23). The summed E-state index contributed by atoms with van der Waals surface area (Å²) in [4.78, 5) is 14.3. The first kappa shape index (κ1) is 18.6. The topological polar surface area (TPSA) is 50.8 Å². The summed E-state index contributed by atoms with van der Waals surface area (Å²) in [6, 6.07) is 11.5. The predicted octanol–water partition coefficient (Wildman–Crippen LogP) is 3.05. The summed E-state index contributed by atoms with van der Waals surface area (Å²) < 4.78 is 10.8. The third kappa shape index (κ3) is 4.44. The molecule has 0 aliphatic rings. The van der Waals surface area contributed by atoms with Crippen molar-refractivity contribution in [1.82, 2.24) is 5.32 Å².